The van der Waals surface area contributed by atoms with E-state index in [1.165, 1.54) is 11.9 Å². The first-order chi connectivity index (χ1) is 8.58. The summed E-state index contributed by atoms with van der Waals surface area (Å²) >= 11 is 0. The Labute approximate surface area is 102 Å². The van der Waals surface area contributed by atoms with Crippen molar-refractivity contribution in [2.24, 2.45) is 0 Å². The molecule has 0 saturated heterocycles. The molecular weight excluding hydrogens is 240 g/mol. The molecule has 0 fully saturated rings. The van der Waals surface area contributed by atoms with E-state index in [0.717, 1.165) is 12.1 Å². The smallest absolute Gasteiger partial charge is 0.256 e. The van der Waals surface area contributed by atoms with Crippen molar-refractivity contribution < 1.29 is 13.6 Å². The summed E-state index contributed by atoms with van der Waals surface area (Å²) in [5.74, 6) is -1.51. The van der Waals surface area contributed by atoms with Crippen LogP contribution < -0.4 is 0 Å². The Morgan fingerprint density at radius 1 is 1.44 bits per heavy atom. The molecule has 2 rings (SSSR count). The minimum Gasteiger partial charge on any atom is -0.347 e. The van der Waals surface area contributed by atoms with Gasteiger partial charge >= 0.3 is 0 Å². The minimum absolute atomic E-state index is 0.162. The number of carbonyl (C=O) groups excluding carboxylic acids is 1. The molecule has 2 aromatic rings. The fourth-order valence-corrected chi connectivity index (χ4v) is 1.55. The molecule has 1 aromatic heterocycles. The van der Waals surface area contributed by atoms with Gasteiger partial charge in [0.2, 0.25) is 0 Å². The average Bonchev–Trinajstić information content (AvgIpc) is 2.81. The summed E-state index contributed by atoms with van der Waals surface area (Å²) in [5.41, 5.74) is -0.162. The number of benzene rings is 1. The number of carbonyl (C=O) groups is 1. The number of aromatic nitrogens is 2. The molecule has 0 saturated carbocycles. The highest BCUT2D eigenvalue weighted by atomic mass is 19.1. The van der Waals surface area contributed by atoms with Crippen LogP contribution in [0.5, 0.6) is 0 Å². The molecule has 1 N–H and O–H groups in total. The number of nitrogens with one attached hydrogen (secondary N) is 1. The molecule has 0 bridgehead atoms. The average molecular weight is 251 g/mol. The van der Waals surface area contributed by atoms with Crippen LogP contribution in [0.2, 0.25) is 0 Å². The van der Waals surface area contributed by atoms with Crippen LogP contribution in [0.3, 0.4) is 0 Å². The number of amides is 1. The van der Waals surface area contributed by atoms with Crippen LogP contribution in [0.4, 0.5) is 8.78 Å². The number of hydrogen-bond donors (Lipinski definition) is 1. The van der Waals surface area contributed by atoms with Gasteiger partial charge in [0.15, 0.2) is 0 Å². The first-order valence-electron chi connectivity index (χ1n) is 5.26. The van der Waals surface area contributed by atoms with Crippen molar-refractivity contribution in [3.8, 4) is 0 Å². The highest BCUT2D eigenvalue weighted by Crippen LogP contribution is 2.12. The molecule has 0 radical (unpaired) electrons. The number of rotatable bonds is 3. The van der Waals surface area contributed by atoms with Crippen LogP contribution in [0.15, 0.2) is 30.6 Å². The lowest BCUT2D eigenvalue weighted by molar-refractivity contribution is 0.0777. The molecule has 0 aliphatic heterocycles. The van der Waals surface area contributed by atoms with E-state index in [2.05, 4.69) is 9.97 Å². The van der Waals surface area contributed by atoms with E-state index in [-0.39, 0.29) is 12.1 Å². The maximum Gasteiger partial charge on any atom is 0.256 e. The fraction of sp³-hybridized carbons (Fsp3) is 0.167. The van der Waals surface area contributed by atoms with Crippen LogP contribution in [0.1, 0.15) is 16.2 Å². The second-order valence-electron chi connectivity index (χ2n) is 3.82. The highest BCUT2D eigenvalue weighted by Gasteiger charge is 2.17. The zero-order chi connectivity index (χ0) is 13.1. The zero-order valence-electron chi connectivity index (χ0n) is 9.65. The SMILES string of the molecule is CN(Cc1ncc[nH]1)C(=O)c1ccc(F)cc1F. The zero-order valence-corrected chi connectivity index (χ0v) is 9.65. The number of aromatic amines is 1. The predicted octanol–water partition coefficient (Wildman–Crippen LogP) is 1.96. The van der Waals surface area contributed by atoms with Gasteiger partial charge in [-0.25, -0.2) is 13.8 Å². The van der Waals surface area contributed by atoms with Gasteiger partial charge < -0.3 is 9.88 Å². The topological polar surface area (TPSA) is 49.0 Å². The Bertz CT molecular complexity index is 554. The van der Waals surface area contributed by atoms with Gasteiger partial charge in [-0.1, -0.05) is 0 Å². The molecule has 4 nitrogen and oxygen atoms in total. The van der Waals surface area contributed by atoms with Crippen LogP contribution in [-0.2, 0) is 6.54 Å². The summed E-state index contributed by atoms with van der Waals surface area (Å²) in [7, 11) is 1.52. The Morgan fingerprint density at radius 2 is 2.22 bits per heavy atom. The van der Waals surface area contributed by atoms with E-state index in [4.69, 9.17) is 0 Å². The van der Waals surface area contributed by atoms with E-state index in [1.54, 1.807) is 12.4 Å². The summed E-state index contributed by atoms with van der Waals surface area (Å²) in [5, 5.41) is 0. The number of halogens is 2. The van der Waals surface area contributed by atoms with Crippen molar-refractivity contribution in [3.05, 3.63) is 53.6 Å². The van der Waals surface area contributed by atoms with Crippen LogP contribution in [0, 0.1) is 11.6 Å². The van der Waals surface area contributed by atoms with Crippen molar-refractivity contribution in [1.82, 2.24) is 14.9 Å². The molecule has 6 heteroatoms. The van der Waals surface area contributed by atoms with Gasteiger partial charge in [-0.2, -0.15) is 0 Å². The quantitative estimate of drug-likeness (QED) is 0.906. The molecule has 0 atom stereocenters. The largest absolute Gasteiger partial charge is 0.347 e. The second kappa shape index (κ2) is 4.95. The summed E-state index contributed by atoms with van der Waals surface area (Å²) in [6.07, 6.45) is 3.19. The van der Waals surface area contributed by atoms with E-state index in [0.29, 0.717) is 11.9 Å². The van der Waals surface area contributed by atoms with E-state index in [9.17, 15) is 13.6 Å². The van der Waals surface area contributed by atoms with Crippen molar-refractivity contribution in [2.45, 2.75) is 6.54 Å². The van der Waals surface area contributed by atoms with Crippen molar-refractivity contribution >= 4 is 5.91 Å². The molecule has 94 valence electrons. The monoisotopic (exact) mass is 251 g/mol. The third-order valence-corrected chi connectivity index (χ3v) is 2.45. The van der Waals surface area contributed by atoms with Gasteiger partial charge in [-0.15, -0.1) is 0 Å². The summed E-state index contributed by atoms with van der Waals surface area (Å²) in [6.45, 7) is 0.225. The second-order valence-corrected chi connectivity index (χ2v) is 3.82. The maximum absolute atomic E-state index is 13.4. The molecule has 0 aliphatic carbocycles. The first-order valence-corrected chi connectivity index (χ1v) is 5.26. The lowest BCUT2D eigenvalue weighted by Crippen LogP contribution is -2.27. The van der Waals surface area contributed by atoms with Crippen LogP contribution >= 0.6 is 0 Å². The van der Waals surface area contributed by atoms with Crippen LogP contribution in [-0.4, -0.2) is 27.8 Å². The minimum atomic E-state index is -0.869. The molecular formula is C12H11F2N3O. The predicted molar refractivity (Wildman–Crippen MR) is 60.7 cm³/mol. The molecule has 1 amide bonds. The molecule has 0 spiro atoms. The first kappa shape index (κ1) is 12.2. The third-order valence-electron chi connectivity index (χ3n) is 2.45. The Balaban J connectivity index is 2.15. The van der Waals surface area contributed by atoms with Gasteiger partial charge in [-0.3, -0.25) is 4.79 Å². The van der Waals surface area contributed by atoms with Gasteiger partial charge in [0, 0.05) is 25.5 Å². The van der Waals surface area contributed by atoms with Crippen molar-refractivity contribution in [1.29, 1.82) is 0 Å². The fourth-order valence-electron chi connectivity index (χ4n) is 1.55. The summed E-state index contributed by atoms with van der Waals surface area (Å²) < 4.78 is 26.2. The molecule has 0 unspecified atom stereocenters. The van der Waals surface area contributed by atoms with Gasteiger partial charge in [0.25, 0.3) is 5.91 Å². The Morgan fingerprint density at radius 3 is 2.83 bits per heavy atom. The van der Waals surface area contributed by atoms with Crippen LogP contribution in [0.25, 0.3) is 0 Å². The molecule has 0 aliphatic rings. The molecule has 18 heavy (non-hydrogen) atoms. The number of imidazole rings is 1. The van der Waals surface area contributed by atoms with Gasteiger partial charge in [0.1, 0.15) is 17.5 Å². The Kier molecular flexibility index (Phi) is 3.36. The Hall–Kier alpha value is -2.24. The van der Waals surface area contributed by atoms with E-state index in [1.807, 2.05) is 0 Å². The normalized spacial score (nSPS) is 10.4. The lowest BCUT2D eigenvalue weighted by Gasteiger charge is -2.16. The third kappa shape index (κ3) is 2.53. The molecule has 1 heterocycles. The standard InChI is InChI=1S/C12H11F2N3O/c1-17(7-11-15-4-5-16-11)12(18)9-3-2-8(13)6-10(9)14/h2-6H,7H2,1H3,(H,15,16). The van der Waals surface area contributed by atoms with Crippen molar-refractivity contribution in [2.75, 3.05) is 7.05 Å². The highest BCUT2D eigenvalue weighted by molar-refractivity contribution is 5.94. The number of nitrogens with zero attached hydrogens (tertiary/aromatic N) is 2. The van der Waals surface area contributed by atoms with Gasteiger partial charge in [0.05, 0.1) is 12.1 Å². The maximum atomic E-state index is 13.4. The lowest BCUT2D eigenvalue weighted by atomic mass is 10.2. The van der Waals surface area contributed by atoms with E-state index < -0.39 is 17.5 Å². The summed E-state index contributed by atoms with van der Waals surface area (Å²) in [4.78, 5) is 20.0. The summed E-state index contributed by atoms with van der Waals surface area (Å²) in [6, 6.07) is 2.87. The van der Waals surface area contributed by atoms with E-state index >= 15 is 0 Å². The number of H-pyrrole nitrogens is 1. The number of hydrogen-bond acceptors (Lipinski definition) is 2. The molecule has 1 aromatic carbocycles. The van der Waals surface area contributed by atoms with Crippen molar-refractivity contribution in [3.63, 3.8) is 0 Å². The van der Waals surface area contributed by atoms with Gasteiger partial charge in [-0.05, 0) is 12.1 Å².